The monoisotopic (exact) mass is 255 g/mol. The number of hydrogen-bond acceptors (Lipinski definition) is 5. The van der Waals surface area contributed by atoms with E-state index in [1.54, 1.807) is 18.6 Å². The quantitative estimate of drug-likeness (QED) is 0.712. The van der Waals surface area contributed by atoms with Gasteiger partial charge in [-0.25, -0.2) is 0 Å². The van der Waals surface area contributed by atoms with Gasteiger partial charge in [0.25, 0.3) is 0 Å². The predicted molar refractivity (Wildman–Crippen MR) is 68.2 cm³/mol. The molecular weight excluding hydrogens is 242 g/mol. The van der Waals surface area contributed by atoms with E-state index in [2.05, 4.69) is 20.2 Å². The summed E-state index contributed by atoms with van der Waals surface area (Å²) in [5.41, 5.74) is 2.06. The second kappa shape index (κ2) is 5.01. The standard InChI is InChI=1S/C13H13N5O/c1-2-12-16-13(19-17-12)9-18-11(5-8-15-18)10-3-6-14-7-4-10/h3-8H,2,9H2,1H3. The number of aryl methyl sites for hydroxylation is 1. The van der Waals surface area contributed by atoms with E-state index in [0.717, 1.165) is 17.7 Å². The highest BCUT2D eigenvalue weighted by atomic mass is 16.5. The van der Waals surface area contributed by atoms with Gasteiger partial charge in [0.2, 0.25) is 5.89 Å². The number of nitrogens with zero attached hydrogens (tertiary/aromatic N) is 5. The molecule has 0 atom stereocenters. The maximum Gasteiger partial charge on any atom is 0.248 e. The van der Waals surface area contributed by atoms with Crippen molar-refractivity contribution in [2.75, 3.05) is 0 Å². The van der Waals surface area contributed by atoms with Crippen LogP contribution in [-0.4, -0.2) is 24.9 Å². The van der Waals surface area contributed by atoms with Gasteiger partial charge in [-0.1, -0.05) is 12.1 Å². The van der Waals surface area contributed by atoms with Crippen LogP contribution in [0.25, 0.3) is 11.3 Å². The maximum absolute atomic E-state index is 5.19. The number of pyridine rings is 1. The molecule has 96 valence electrons. The van der Waals surface area contributed by atoms with Crippen molar-refractivity contribution in [1.29, 1.82) is 0 Å². The lowest BCUT2D eigenvalue weighted by Crippen LogP contribution is -2.04. The van der Waals surface area contributed by atoms with Gasteiger partial charge in [0.1, 0.15) is 6.54 Å². The van der Waals surface area contributed by atoms with Crippen molar-refractivity contribution >= 4 is 0 Å². The number of aromatic nitrogens is 5. The Kier molecular flexibility index (Phi) is 3.06. The Morgan fingerprint density at radius 3 is 2.74 bits per heavy atom. The van der Waals surface area contributed by atoms with Crippen molar-refractivity contribution in [3.63, 3.8) is 0 Å². The molecule has 0 fully saturated rings. The minimum absolute atomic E-state index is 0.470. The fraction of sp³-hybridized carbons (Fsp3) is 0.231. The summed E-state index contributed by atoms with van der Waals surface area (Å²) in [5, 5.41) is 8.17. The first kappa shape index (κ1) is 11.6. The SMILES string of the molecule is CCc1noc(Cn2nccc2-c2ccncc2)n1. The van der Waals surface area contributed by atoms with Crippen molar-refractivity contribution in [3.05, 3.63) is 48.5 Å². The molecule has 6 nitrogen and oxygen atoms in total. The van der Waals surface area contributed by atoms with E-state index < -0.39 is 0 Å². The maximum atomic E-state index is 5.19. The first-order chi connectivity index (χ1) is 9.36. The molecule has 3 heterocycles. The summed E-state index contributed by atoms with van der Waals surface area (Å²) in [6.07, 6.45) is 6.04. The van der Waals surface area contributed by atoms with E-state index in [-0.39, 0.29) is 0 Å². The molecule has 0 aliphatic heterocycles. The molecule has 0 unspecified atom stereocenters. The van der Waals surface area contributed by atoms with Crippen molar-refractivity contribution < 1.29 is 4.52 Å². The first-order valence-corrected chi connectivity index (χ1v) is 6.10. The molecule has 0 aliphatic rings. The third kappa shape index (κ3) is 2.37. The van der Waals surface area contributed by atoms with E-state index >= 15 is 0 Å². The summed E-state index contributed by atoms with van der Waals surface area (Å²) >= 11 is 0. The highest BCUT2D eigenvalue weighted by Gasteiger charge is 2.10. The van der Waals surface area contributed by atoms with Crippen LogP contribution in [0.3, 0.4) is 0 Å². The highest BCUT2D eigenvalue weighted by Crippen LogP contribution is 2.18. The van der Waals surface area contributed by atoms with Crippen LogP contribution in [0.1, 0.15) is 18.6 Å². The average molecular weight is 255 g/mol. The Hall–Kier alpha value is -2.50. The fourth-order valence-corrected chi connectivity index (χ4v) is 1.85. The minimum atomic E-state index is 0.470. The van der Waals surface area contributed by atoms with Crippen LogP contribution in [0.4, 0.5) is 0 Å². The van der Waals surface area contributed by atoms with Gasteiger partial charge in [-0.15, -0.1) is 0 Å². The lowest BCUT2D eigenvalue weighted by atomic mass is 10.2. The topological polar surface area (TPSA) is 69.6 Å². The summed E-state index contributed by atoms with van der Waals surface area (Å²) in [7, 11) is 0. The Morgan fingerprint density at radius 2 is 2.00 bits per heavy atom. The highest BCUT2D eigenvalue weighted by molar-refractivity contribution is 5.58. The van der Waals surface area contributed by atoms with Crippen LogP contribution >= 0.6 is 0 Å². The Labute approximate surface area is 110 Å². The van der Waals surface area contributed by atoms with Gasteiger partial charge in [-0.2, -0.15) is 10.1 Å². The van der Waals surface area contributed by atoms with Gasteiger partial charge >= 0.3 is 0 Å². The van der Waals surface area contributed by atoms with E-state index in [0.29, 0.717) is 18.3 Å². The van der Waals surface area contributed by atoms with Crippen molar-refractivity contribution in [3.8, 4) is 11.3 Å². The van der Waals surface area contributed by atoms with Gasteiger partial charge in [-0.3, -0.25) is 9.67 Å². The Bertz CT molecular complexity index is 658. The molecular formula is C13H13N5O. The van der Waals surface area contributed by atoms with Crippen LogP contribution in [0.15, 0.2) is 41.3 Å². The van der Waals surface area contributed by atoms with E-state index in [4.69, 9.17) is 4.52 Å². The smallest absolute Gasteiger partial charge is 0.248 e. The van der Waals surface area contributed by atoms with E-state index in [1.807, 2.05) is 29.8 Å². The van der Waals surface area contributed by atoms with Gasteiger partial charge in [0, 0.05) is 30.6 Å². The molecule has 19 heavy (non-hydrogen) atoms. The second-order valence-electron chi connectivity index (χ2n) is 4.07. The first-order valence-electron chi connectivity index (χ1n) is 6.10. The third-order valence-electron chi connectivity index (χ3n) is 2.80. The molecule has 3 aromatic rings. The third-order valence-corrected chi connectivity index (χ3v) is 2.80. The minimum Gasteiger partial charge on any atom is -0.337 e. The number of rotatable bonds is 4. The molecule has 0 saturated heterocycles. The largest absolute Gasteiger partial charge is 0.337 e. The van der Waals surface area contributed by atoms with E-state index in [1.165, 1.54) is 0 Å². The summed E-state index contributed by atoms with van der Waals surface area (Å²) < 4.78 is 7.02. The molecule has 0 aromatic carbocycles. The molecule has 0 radical (unpaired) electrons. The van der Waals surface area contributed by atoms with Gasteiger partial charge in [0.05, 0.1) is 5.69 Å². The predicted octanol–water partition coefficient (Wildman–Crippen LogP) is 1.94. The van der Waals surface area contributed by atoms with Crippen LogP contribution < -0.4 is 0 Å². The van der Waals surface area contributed by atoms with Gasteiger partial charge in [-0.05, 0) is 18.2 Å². The van der Waals surface area contributed by atoms with Crippen LogP contribution in [-0.2, 0) is 13.0 Å². The van der Waals surface area contributed by atoms with Crippen molar-refractivity contribution in [2.24, 2.45) is 0 Å². The van der Waals surface area contributed by atoms with Crippen LogP contribution in [0, 0.1) is 0 Å². The second-order valence-corrected chi connectivity index (χ2v) is 4.07. The van der Waals surface area contributed by atoms with Crippen LogP contribution in [0.2, 0.25) is 0 Å². The Balaban J connectivity index is 1.88. The van der Waals surface area contributed by atoms with Crippen molar-refractivity contribution in [2.45, 2.75) is 19.9 Å². The molecule has 0 aliphatic carbocycles. The molecule has 3 rings (SSSR count). The zero-order valence-electron chi connectivity index (χ0n) is 10.5. The van der Waals surface area contributed by atoms with Gasteiger partial charge < -0.3 is 4.52 Å². The Morgan fingerprint density at radius 1 is 1.16 bits per heavy atom. The molecule has 0 saturated carbocycles. The lowest BCUT2D eigenvalue weighted by Gasteiger charge is -2.04. The fourth-order valence-electron chi connectivity index (χ4n) is 1.85. The van der Waals surface area contributed by atoms with Crippen molar-refractivity contribution in [1.82, 2.24) is 24.9 Å². The zero-order valence-corrected chi connectivity index (χ0v) is 10.5. The zero-order chi connectivity index (χ0) is 13.1. The molecule has 6 heteroatoms. The van der Waals surface area contributed by atoms with Crippen LogP contribution in [0.5, 0.6) is 0 Å². The van der Waals surface area contributed by atoms with Gasteiger partial charge in [0.15, 0.2) is 5.82 Å². The molecule has 0 amide bonds. The summed E-state index contributed by atoms with van der Waals surface area (Å²) in [6.45, 7) is 2.46. The molecule has 0 spiro atoms. The average Bonchev–Trinajstić information content (AvgIpc) is 3.09. The summed E-state index contributed by atoms with van der Waals surface area (Å²) in [6, 6.07) is 5.84. The lowest BCUT2D eigenvalue weighted by molar-refractivity contribution is 0.362. The number of hydrogen-bond donors (Lipinski definition) is 0. The normalized spacial score (nSPS) is 10.8. The molecule has 0 bridgehead atoms. The van der Waals surface area contributed by atoms with E-state index in [9.17, 15) is 0 Å². The molecule has 3 aromatic heterocycles. The summed E-state index contributed by atoms with van der Waals surface area (Å²) in [5.74, 6) is 1.28. The molecule has 0 N–H and O–H groups in total. The summed E-state index contributed by atoms with van der Waals surface area (Å²) in [4.78, 5) is 8.30.